The van der Waals surface area contributed by atoms with Gasteiger partial charge in [-0.2, -0.15) is 0 Å². The van der Waals surface area contributed by atoms with Gasteiger partial charge < -0.3 is 19.4 Å². The Bertz CT molecular complexity index is 1760. The van der Waals surface area contributed by atoms with E-state index < -0.39 is 6.36 Å². The van der Waals surface area contributed by atoms with E-state index in [-0.39, 0.29) is 17.9 Å². The highest BCUT2D eigenvalue weighted by Crippen LogP contribution is 2.33. The topological polar surface area (TPSA) is 73.6 Å². The van der Waals surface area contributed by atoms with Gasteiger partial charge in [0, 0.05) is 25.1 Å². The van der Waals surface area contributed by atoms with Crippen LogP contribution < -0.4 is 15.4 Å². The van der Waals surface area contributed by atoms with Gasteiger partial charge in [0.25, 0.3) is 0 Å². The minimum absolute atomic E-state index is 0.106. The molecule has 0 bridgehead atoms. The van der Waals surface area contributed by atoms with Crippen LogP contribution in [0.5, 0.6) is 5.75 Å². The molecule has 0 atom stereocenters. The molecule has 1 aromatic heterocycles. The summed E-state index contributed by atoms with van der Waals surface area (Å²) in [4.78, 5) is 14.5. The van der Waals surface area contributed by atoms with Crippen LogP contribution in [0.4, 0.5) is 24.5 Å². The van der Waals surface area contributed by atoms with Crippen molar-refractivity contribution in [1.29, 1.82) is 0 Å². The largest absolute Gasteiger partial charge is 0.573 e. The Kier molecular flexibility index (Phi) is 7.55. The quantitative estimate of drug-likeness (QED) is 0.215. The van der Waals surface area contributed by atoms with E-state index in [0.29, 0.717) is 22.6 Å². The van der Waals surface area contributed by atoms with Crippen LogP contribution in [0.25, 0.3) is 28.1 Å². The number of alkyl halides is 3. The lowest BCUT2D eigenvalue weighted by atomic mass is 9.93. The van der Waals surface area contributed by atoms with E-state index in [1.807, 2.05) is 60.0 Å². The summed E-state index contributed by atoms with van der Waals surface area (Å²) >= 11 is 0. The third kappa shape index (κ3) is 5.94. The fraction of sp³-hybridized carbons (Fsp3) is 0.281. The number of ether oxygens (including phenoxy) is 2. The number of hydrogen-bond donors (Lipinski definition) is 1. The van der Waals surface area contributed by atoms with E-state index in [2.05, 4.69) is 15.0 Å². The number of aryl methyl sites for hydroxylation is 1. The van der Waals surface area contributed by atoms with Crippen molar-refractivity contribution in [2.24, 2.45) is 4.99 Å². The van der Waals surface area contributed by atoms with Crippen LogP contribution in [-0.4, -0.2) is 40.2 Å². The monoisotopic (exact) mass is 573 g/mol. The van der Waals surface area contributed by atoms with Gasteiger partial charge in [0.15, 0.2) is 0 Å². The summed E-state index contributed by atoms with van der Waals surface area (Å²) in [5.41, 5.74) is 5.77. The number of para-hydroxylation sites is 2. The smallest absolute Gasteiger partial charge is 0.406 e. The van der Waals surface area contributed by atoms with Crippen LogP contribution in [0, 0.1) is 6.92 Å². The Labute approximate surface area is 241 Å². The van der Waals surface area contributed by atoms with Crippen LogP contribution in [0.2, 0.25) is 0 Å². The molecule has 3 aliphatic rings. The molecular formula is C32H30F3N5O2. The van der Waals surface area contributed by atoms with Gasteiger partial charge in [0.1, 0.15) is 5.75 Å². The van der Waals surface area contributed by atoms with Crippen molar-refractivity contribution in [1.82, 2.24) is 14.5 Å². The van der Waals surface area contributed by atoms with Crippen LogP contribution in [-0.2, 0) is 4.74 Å². The summed E-state index contributed by atoms with van der Waals surface area (Å²) in [7, 11) is 1.74. The number of benzene rings is 3. The van der Waals surface area contributed by atoms with Gasteiger partial charge in [-0.05, 0) is 81.1 Å². The highest BCUT2D eigenvalue weighted by molar-refractivity contribution is 5.84. The molecule has 7 nitrogen and oxygen atoms in total. The molecule has 0 radical (unpaired) electrons. The Balaban J connectivity index is 1.57. The van der Waals surface area contributed by atoms with Gasteiger partial charge in [-0.3, -0.25) is 9.98 Å². The lowest BCUT2D eigenvalue weighted by molar-refractivity contribution is -0.274. The van der Waals surface area contributed by atoms with Gasteiger partial charge in [0.05, 0.1) is 57.0 Å². The number of aromatic nitrogens is 3. The molecule has 1 aliphatic heterocycles. The lowest BCUT2D eigenvalue weighted by Gasteiger charge is -2.25. The number of nitrogens with one attached hydrogen (secondary N) is 1. The molecule has 1 saturated carbocycles. The Morgan fingerprint density at radius 1 is 0.929 bits per heavy atom. The molecule has 216 valence electrons. The Morgan fingerprint density at radius 2 is 1.74 bits per heavy atom. The standard InChI is InChI=1S/C32H30F3N5O2/c1-20-25(10-6-16-36-20)38-27-18-29-31(19-28(27)37-21-12-14-23(41-2)15-13-21)40(30-11-4-3-9-26(30)39-29)22-7-5-8-24(17-22)42-32(33,34)35/h3-11,16-19,21,23,38H,12-15H2,1-2H3/b37-28+. The van der Waals surface area contributed by atoms with Gasteiger partial charge >= 0.3 is 6.36 Å². The average molecular weight is 574 g/mol. The normalized spacial score (nSPS) is 18.0. The molecule has 0 amide bonds. The summed E-state index contributed by atoms with van der Waals surface area (Å²) in [5, 5.41) is 4.25. The SMILES string of the molecule is COC1CCC(/N=c2\cc3n(-c4cccc(OC(F)(F)F)c4)c4ccccc4nc-3cc2Nc2cccnc2C)CC1. The maximum absolute atomic E-state index is 13.1. The Morgan fingerprint density at radius 3 is 2.50 bits per heavy atom. The van der Waals surface area contributed by atoms with Gasteiger partial charge in [0.2, 0.25) is 0 Å². The molecule has 3 aromatic rings. The number of rotatable bonds is 6. The van der Waals surface area contributed by atoms with E-state index in [4.69, 9.17) is 14.7 Å². The zero-order valence-electron chi connectivity index (χ0n) is 23.2. The number of nitrogens with zero attached hydrogens (tertiary/aromatic N) is 4. The number of fused-ring (bicyclic) bond motifs is 2. The van der Waals surface area contributed by atoms with Crippen molar-refractivity contribution in [3.63, 3.8) is 0 Å². The molecule has 1 fully saturated rings. The molecule has 10 heteroatoms. The van der Waals surface area contributed by atoms with Crippen molar-refractivity contribution < 1.29 is 22.6 Å². The second-order valence-electron chi connectivity index (χ2n) is 10.4. The van der Waals surface area contributed by atoms with E-state index in [1.165, 1.54) is 12.1 Å². The molecule has 1 N–H and O–H groups in total. The molecule has 42 heavy (non-hydrogen) atoms. The van der Waals surface area contributed by atoms with Gasteiger partial charge in [-0.15, -0.1) is 13.2 Å². The molecule has 2 aromatic carbocycles. The Hall–Kier alpha value is -4.44. The van der Waals surface area contributed by atoms with E-state index >= 15 is 0 Å². The van der Waals surface area contributed by atoms with E-state index in [0.717, 1.165) is 53.6 Å². The fourth-order valence-corrected chi connectivity index (χ4v) is 5.51. The molecule has 0 unspecified atom stereocenters. The molecule has 2 aliphatic carbocycles. The first-order valence-corrected chi connectivity index (χ1v) is 13.8. The first-order chi connectivity index (χ1) is 20.3. The van der Waals surface area contributed by atoms with E-state index in [1.54, 1.807) is 25.4 Å². The molecule has 0 spiro atoms. The minimum Gasteiger partial charge on any atom is -0.406 e. The van der Waals surface area contributed by atoms with Crippen LogP contribution in [0.15, 0.2) is 84.0 Å². The predicted molar refractivity (Wildman–Crippen MR) is 155 cm³/mol. The molecule has 0 saturated heterocycles. The lowest BCUT2D eigenvalue weighted by Crippen LogP contribution is -2.25. The van der Waals surface area contributed by atoms with Crippen LogP contribution >= 0.6 is 0 Å². The third-order valence-corrected chi connectivity index (χ3v) is 7.58. The highest BCUT2D eigenvalue weighted by atomic mass is 19.4. The van der Waals surface area contributed by atoms with E-state index in [9.17, 15) is 13.2 Å². The summed E-state index contributed by atoms with van der Waals surface area (Å²) in [5.74, 6) is -0.299. The van der Waals surface area contributed by atoms with Crippen LogP contribution in [0.3, 0.4) is 0 Å². The van der Waals surface area contributed by atoms with Gasteiger partial charge in [-0.25, -0.2) is 4.98 Å². The number of hydrogen-bond acceptors (Lipinski definition) is 6. The van der Waals surface area contributed by atoms with Crippen LogP contribution in [0.1, 0.15) is 31.4 Å². The van der Waals surface area contributed by atoms with Gasteiger partial charge in [-0.1, -0.05) is 18.2 Å². The summed E-state index contributed by atoms with van der Waals surface area (Å²) in [6.45, 7) is 1.93. The predicted octanol–water partition coefficient (Wildman–Crippen LogP) is 7.33. The number of anilines is 2. The maximum atomic E-state index is 13.1. The van der Waals surface area contributed by atoms with Crippen molar-refractivity contribution in [2.75, 3.05) is 12.4 Å². The fourth-order valence-electron chi connectivity index (χ4n) is 5.51. The second-order valence-corrected chi connectivity index (χ2v) is 10.4. The number of methoxy groups -OCH3 is 1. The number of pyridine rings is 1. The van der Waals surface area contributed by atoms with Crippen molar-refractivity contribution in [3.8, 4) is 22.8 Å². The molecular weight excluding hydrogens is 543 g/mol. The summed E-state index contributed by atoms with van der Waals surface area (Å²) in [6.07, 6.45) is 0.844. The first kappa shape index (κ1) is 27.7. The van der Waals surface area contributed by atoms with Crippen molar-refractivity contribution in [3.05, 3.63) is 90.0 Å². The second kappa shape index (κ2) is 11.4. The highest BCUT2D eigenvalue weighted by Gasteiger charge is 2.31. The minimum atomic E-state index is -4.80. The zero-order valence-corrected chi connectivity index (χ0v) is 23.2. The summed E-state index contributed by atoms with van der Waals surface area (Å²) in [6, 6.07) is 21.3. The summed E-state index contributed by atoms with van der Waals surface area (Å²) < 4.78 is 51.0. The third-order valence-electron chi connectivity index (χ3n) is 7.58. The van der Waals surface area contributed by atoms with Crippen molar-refractivity contribution in [2.45, 2.75) is 51.1 Å². The molecule has 2 heterocycles. The molecule has 6 rings (SSSR count). The average Bonchev–Trinajstić information content (AvgIpc) is 2.97. The number of halogens is 3. The first-order valence-electron chi connectivity index (χ1n) is 13.8. The zero-order chi connectivity index (χ0) is 29.3. The maximum Gasteiger partial charge on any atom is 0.573 e. The van der Waals surface area contributed by atoms with Crippen molar-refractivity contribution >= 4 is 22.4 Å².